The lowest BCUT2D eigenvalue weighted by molar-refractivity contribution is -0.126. The maximum Gasteiger partial charge on any atom is 0.351 e. The van der Waals surface area contributed by atoms with Crippen molar-refractivity contribution in [1.82, 2.24) is 29.4 Å². The number of piperazine rings is 1. The Bertz CT molecular complexity index is 2000. The van der Waals surface area contributed by atoms with Gasteiger partial charge in [0.15, 0.2) is 5.82 Å². The number of amides is 1. The zero-order valence-electron chi connectivity index (χ0n) is 25.1. The number of nitrogens with one attached hydrogen (secondary N) is 1. The molecule has 226 valence electrons. The molecule has 0 radical (unpaired) electrons. The summed E-state index contributed by atoms with van der Waals surface area (Å²) in [6, 6.07) is 7.58. The van der Waals surface area contributed by atoms with Gasteiger partial charge in [-0.15, -0.1) is 0 Å². The summed E-state index contributed by atoms with van der Waals surface area (Å²) in [5.41, 5.74) is 2.38. The van der Waals surface area contributed by atoms with Gasteiger partial charge in [0.05, 0.1) is 23.0 Å². The third kappa shape index (κ3) is 4.91. The molecule has 1 saturated heterocycles. The van der Waals surface area contributed by atoms with E-state index in [0.29, 0.717) is 35.9 Å². The van der Waals surface area contributed by atoms with Gasteiger partial charge in [-0.25, -0.2) is 18.6 Å². The number of aromatic amines is 1. The first-order chi connectivity index (χ1) is 21.1. The van der Waals surface area contributed by atoms with E-state index in [0.717, 1.165) is 16.8 Å². The molecule has 1 aliphatic heterocycles. The average Bonchev–Trinajstić information content (AvgIpc) is 3.47. The van der Waals surface area contributed by atoms with Gasteiger partial charge in [0.25, 0.3) is 0 Å². The monoisotopic (exact) mass is 597 g/mol. The number of nitrogens with zero attached hydrogens (tertiary/aromatic N) is 6. The van der Waals surface area contributed by atoms with Crippen LogP contribution in [0.2, 0.25) is 0 Å². The normalized spacial score (nSPS) is 15.5. The summed E-state index contributed by atoms with van der Waals surface area (Å²) in [7, 11) is 0. The number of H-pyrrole nitrogens is 1. The second-order valence-electron chi connectivity index (χ2n) is 11.5. The number of anilines is 1. The predicted octanol–water partition coefficient (Wildman–Crippen LogP) is 5.32. The smallest absolute Gasteiger partial charge is 0.351 e. The molecule has 0 aliphatic carbocycles. The van der Waals surface area contributed by atoms with Crippen LogP contribution in [0.3, 0.4) is 0 Å². The van der Waals surface area contributed by atoms with E-state index >= 15 is 8.78 Å². The van der Waals surface area contributed by atoms with Crippen molar-refractivity contribution < 1.29 is 13.6 Å². The van der Waals surface area contributed by atoms with Crippen LogP contribution in [-0.2, 0) is 11.3 Å². The molecule has 9 nitrogen and oxygen atoms in total. The highest BCUT2D eigenvalue weighted by molar-refractivity contribution is 5.96. The molecule has 11 heteroatoms. The molecule has 4 aromatic heterocycles. The number of carbonyl (C=O) groups excluding carboxylic acids is 1. The average molecular weight is 598 g/mol. The molecule has 1 atom stereocenters. The maximum absolute atomic E-state index is 16.1. The lowest BCUT2D eigenvalue weighted by Gasteiger charge is -2.40. The van der Waals surface area contributed by atoms with Gasteiger partial charge in [-0.05, 0) is 67.3 Å². The summed E-state index contributed by atoms with van der Waals surface area (Å²) in [6.07, 6.45) is 4.66. The van der Waals surface area contributed by atoms with E-state index in [1.807, 2.05) is 38.7 Å². The number of aromatic nitrogens is 5. The van der Waals surface area contributed by atoms with Crippen LogP contribution in [-0.4, -0.2) is 61.0 Å². The fourth-order valence-electron chi connectivity index (χ4n) is 6.09. The van der Waals surface area contributed by atoms with E-state index in [-0.39, 0.29) is 47.1 Å². The maximum atomic E-state index is 16.1. The highest BCUT2D eigenvalue weighted by Gasteiger charge is 2.30. The van der Waals surface area contributed by atoms with Crippen molar-refractivity contribution in [1.29, 1.82) is 0 Å². The number of hydrogen-bond donors (Lipinski definition) is 1. The quantitative estimate of drug-likeness (QED) is 0.266. The van der Waals surface area contributed by atoms with E-state index in [2.05, 4.69) is 21.5 Å². The minimum atomic E-state index is -0.750. The first kappa shape index (κ1) is 29.2. The third-order valence-corrected chi connectivity index (χ3v) is 8.37. The molecule has 0 saturated carbocycles. The van der Waals surface area contributed by atoms with Gasteiger partial charge >= 0.3 is 5.69 Å². The lowest BCUT2D eigenvalue weighted by Crippen LogP contribution is -2.54. The van der Waals surface area contributed by atoms with Crippen LogP contribution in [0.25, 0.3) is 33.2 Å². The molecule has 1 fully saturated rings. The Balaban J connectivity index is 1.60. The van der Waals surface area contributed by atoms with Crippen molar-refractivity contribution in [3.05, 3.63) is 94.3 Å². The van der Waals surface area contributed by atoms with Crippen LogP contribution in [0.5, 0.6) is 0 Å². The first-order valence-electron chi connectivity index (χ1n) is 14.6. The molecule has 0 bridgehead atoms. The van der Waals surface area contributed by atoms with Crippen LogP contribution in [0.15, 0.2) is 60.2 Å². The van der Waals surface area contributed by atoms with Gasteiger partial charge in [-0.3, -0.25) is 14.3 Å². The Morgan fingerprint density at radius 3 is 2.68 bits per heavy atom. The number of aryl methyl sites for hydroxylation is 1. The Morgan fingerprint density at radius 1 is 1.16 bits per heavy atom. The molecule has 5 aromatic rings. The SMILES string of the molecule is C=CC(=O)N1CCN(c2nc(=O)n(Cc3c(C)ccnc3C(C)C)c3nc(-c4c(F)ccc5cc[nH]c45)c(F)cc23)[C@@H](C)C1. The number of fused-ring (bicyclic) bond motifs is 2. The van der Waals surface area contributed by atoms with E-state index in [4.69, 9.17) is 4.98 Å². The Kier molecular flexibility index (Phi) is 7.48. The second kappa shape index (κ2) is 11.3. The number of halogens is 2. The Morgan fingerprint density at radius 2 is 1.95 bits per heavy atom. The molecule has 6 rings (SSSR count). The fraction of sp³-hybridized carbons (Fsp3) is 0.303. The van der Waals surface area contributed by atoms with Crippen molar-refractivity contribution in [2.45, 2.75) is 46.2 Å². The summed E-state index contributed by atoms with van der Waals surface area (Å²) in [4.78, 5) is 46.5. The van der Waals surface area contributed by atoms with Gasteiger partial charge in [-0.2, -0.15) is 4.98 Å². The molecular weight excluding hydrogens is 564 g/mol. The highest BCUT2D eigenvalue weighted by Crippen LogP contribution is 2.35. The van der Waals surface area contributed by atoms with E-state index in [1.54, 1.807) is 29.4 Å². The summed E-state index contributed by atoms with van der Waals surface area (Å²) in [6.45, 7) is 12.7. The summed E-state index contributed by atoms with van der Waals surface area (Å²) < 4.78 is 32.9. The fourth-order valence-corrected chi connectivity index (χ4v) is 6.09. The van der Waals surface area contributed by atoms with Crippen LogP contribution in [0, 0.1) is 18.6 Å². The van der Waals surface area contributed by atoms with Crippen molar-refractivity contribution in [3.63, 3.8) is 0 Å². The zero-order chi connectivity index (χ0) is 31.3. The van der Waals surface area contributed by atoms with Gasteiger partial charge in [0, 0.05) is 49.1 Å². The number of carbonyl (C=O) groups is 1. The van der Waals surface area contributed by atoms with Crippen molar-refractivity contribution in [2.24, 2.45) is 0 Å². The third-order valence-electron chi connectivity index (χ3n) is 8.37. The van der Waals surface area contributed by atoms with Crippen molar-refractivity contribution in [3.8, 4) is 11.3 Å². The number of pyridine rings is 2. The molecule has 5 heterocycles. The molecule has 1 aromatic carbocycles. The van der Waals surface area contributed by atoms with Gasteiger partial charge in [0.1, 0.15) is 23.0 Å². The molecule has 0 unspecified atom stereocenters. The molecule has 0 spiro atoms. The predicted molar refractivity (Wildman–Crippen MR) is 167 cm³/mol. The van der Waals surface area contributed by atoms with E-state index in [9.17, 15) is 9.59 Å². The van der Waals surface area contributed by atoms with Gasteiger partial charge in [0.2, 0.25) is 5.91 Å². The summed E-state index contributed by atoms with van der Waals surface area (Å²) in [5, 5.41) is 1.01. The van der Waals surface area contributed by atoms with Gasteiger partial charge in [-0.1, -0.05) is 20.4 Å². The van der Waals surface area contributed by atoms with Gasteiger partial charge < -0.3 is 14.8 Å². The number of rotatable bonds is 6. The zero-order valence-corrected chi connectivity index (χ0v) is 25.1. The number of hydrogen-bond acceptors (Lipinski definition) is 6. The van der Waals surface area contributed by atoms with Crippen LogP contribution in [0.4, 0.5) is 14.6 Å². The minimum absolute atomic E-state index is 0.0189. The molecule has 44 heavy (non-hydrogen) atoms. The van der Waals surface area contributed by atoms with Crippen molar-refractivity contribution in [2.75, 3.05) is 24.5 Å². The van der Waals surface area contributed by atoms with Crippen LogP contribution in [0.1, 0.15) is 43.5 Å². The van der Waals surface area contributed by atoms with E-state index in [1.165, 1.54) is 22.8 Å². The second-order valence-corrected chi connectivity index (χ2v) is 11.5. The topological polar surface area (TPSA) is 100 Å². The molecule has 1 amide bonds. The standard InChI is InChI=1S/C33H33F2N7O2/c1-6-26(43)40-13-14-41(20(5)16-40)32-22-15-25(35)30(27-24(34)8-7-21-10-12-37-29(21)27)38-31(22)42(33(44)39-32)17-23-19(4)9-11-36-28(23)18(2)3/h6-12,15,18,20,37H,1,13-14,16-17H2,2-5H3/t20-/m0/s1. The minimum Gasteiger partial charge on any atom is -0.361 e. The Hall–Kier alpha value is -4.93. The molecule has 1 aliphatic rings. The first-order valence-corrected chi connectivity index (χ1v) is 14.6. The lowest BCUT2D eigenvalue weighted by atomic mass is 9.99. The van der Waals surface area contributed by atoms with E-state index < -0.39 is 17.3 Å². The summed E-state index contributed by atoms with van der Waals surface area (Å²) in [5.74, 6) is -1.23. The van der Waals surface area contributed by atoms with Crippen LogP contribution < -0.4 is 10.6 Å². The Labute approximate surface area is 252 Å². The molecular formula is C33H33F2N7O2. The summed E-state index contributed by atoms with van der Waals surface area (Å²) >= 11 is 0. The highest BCUT2D eigenvalue weighted by atomic mass is 19.1. The largest absolute Gasteiger partial charge is 0.361 e. The molecule has 1 N–H and O–H groups in total. The van der Waals surface area contributed by atoms with Crippen LogP contribution >= 0.6 is 0 Å². The van der Waals surface area contributed by atoms with Crippen molar-refractivity contribution >= 4 is 33.7 Å². The number of benzene rings is 1.